The summed E-state index contributed by atoms with van der Waals surface area (Å²) in [6.45, 7) is 11.9. The van der Waals surface area contributed by atoms with Crippen LogP contribution in [0, 0.1) is 0 Å². The van der Waals surface area contributed by atoms with Crippen molar-refractivity contribution in [3.8, 4) is 11.4 Å². The van der Waals surface area contributed by atoms with E-state index in [1.807, 2.05) is 18.2 Å². The second-order valence-corrected chi connectivity index (χ2v) is 12.2. The third kappa shape index (κ3) is 2.86. The number of fused-ring (bicyclic) bond motifs is 3. The highest BCUT2D eigenvalue weighted by Gasteiger charge is 2.37. The number of para-hydroxylation sites is 1. The average Bonchev–Trinajstić information content (AvgIpc) is 2.88. The highest BCUT2D eigenvalue weighted by atomic mass is 28.4. The normalized spacial score (nSPS) is 14.1. The van der Waals surface area contributed by atoms with Crippen LogP contribution in [0.2, 0.25) is 18.1 Å². The van der Waals surface area contributed by atoms with Crippen molar-refractivity contribution in [1.82, 2.24) is 14.8 Å². The van der Waals surface area contributed by atoms with Crippen LogP contribution in [0.5, 0.6) is 5.75 Å². The Morgan fingerprint density at radius 1 is 1.35 bits per heavy atom. The molecule has 2 N–H and O–H groups in total. The van der Waals surface area contributed by atoms with Gasteiger partial charge in [0.05, 0.1) is 12.3 Å². The molecule has 1 aliphatic rings. The van der Waals surface area contributed by atoms with Gasteiger partial charge in [-0.3, -0.25) is 0 Å². The SMILES string of the molecule is CC(C)(C)[Si](C)(C)OCc1nc2n(n1)-c1cccc(N)c1OC2. The van der Waals surface area contributed by atoms with E-state index in [2.05, 4.69) is 43.9 Å². The Labute approximate surface area is 137 Å². The highest BCUT2D eigenvalue weighted by Crippen LogP contribution is 2.37. The van der Waals surface area contributed by atoms with E-state index in [4.69, 9.17) is 14.9 Å². The predicted molar refractivity (Wildman–Crippen MR) is 92.1 cm³/mol. The van der Waals surface area contributed by atoms with E-state index in [-0.39, 0.29) is 5.04 Å². The van der Waals surface area contributed by atoms with Gasteiger partial charge in [-0.1, -0.05) is 26.8 Å². The molecule has 0 unspecified atom stereocenters. The number of nitrogens with zero attached hydrogens (tertiary/aromatic N) is 3. The summed E-state index contributed by atoms with van der Waals surface area (Å²) in [7, 11) is -1.82. The fraction of sp³-hybridized carbons (Fsp3) is 0.500. The Kier molecular flexibility index (Phi) is 3.72. The van der Waals surface area contributed by atoms with Gasteiger partial charge in [-0.2, -0.15) is 0 Å². The minimum Gasteiger partial charge on any atom is -0.481 e. The number of nitrogen functional groups attached to an aromatic ring is 1. The average molecular weight is 332 g/mol. The monoisotopic (exact) mass is 332 g/mol. The molecule has 1 aromatic heterocycles. The predicted octanol–water partition coefficient (Wildman–Crippen LogP) is 3.26. The van der Waals surface area contributed by atoms with Crippen LogP contribution in [0.3, 0.4) is 0 Å². The maximum atomic E-state index is 6.20. The van der Waals surface area contributed by atoms with Crippen LogP contribution < -0.4 is 10.5 Å². The van der Waals surface area contributed by atoms with Gasteiger partial charge in [0.25, 0.3) is 0 Å². The summed E-state index contributed by atoms with van der Waals surface area (Å²) in [5.74, 6) is 2.13. The fourth-order valence-corrected chi connectivity index (χ4v) is 3.13. The molecule has 0 aliphatic carbocycles. The first-order chi connectivity index (χ1) is 10.7. The second-order valence-electron chi connectivity index (χ2n) is 7.39. The van der Waals surface area contributed by atoms with Gasteiger partial charge >= 0.3 is 0 Å². The van der Waals surface area contributed by atoms with Crippen molar-refractivity contribution in [1.29, 1.82) is 0 Å². The van der Waals surface area contributed by atoms with Crippen LogP contribution in [0.1, 0.15) is 32.4 Å². The van der Waals surface area contributed by atoms with E-state index in [1.54, 1.807) is 4.68 Å². The number of aromatic nitrogens is 3. The molecular weight excluding hydrogens is 308 g/mol. The molecule has 1 aliphatic heterocycles. The van der Waals surface area contributed by atoms with E-state index >= 15 is 0 Å². The van der Waals surface area contributed by atoms with Crippen molar-refractivity contribution in [3.05, 3.63) is 29.8 Å². The molecule has 2 heterocycles. The molecule has 0 bridgehead atoms. The van der Waals surface area contributed by atoms with Gasteiger partial charge in [0.15, 0.2) is 25.7 Å². The van der Waals surface area contributed by atoms with Crippen molar-refractivity contribution < 1.29 is 9.16 Å². The summed E-state index contributed by atoms with van der Waals surface area (Å²) >= 11 is 0. The van der Waals surface area contributed by atoms with Crippen molar-refractivity contribution in [2.45, 2.75) is 52.1 Å². The van der Waals surface area contributed by atoms with Gasteiger partial charge < -0.3 is 14.9 Å². The molecule has 0 radical (unpaired) electrons. The number of hydrogen-bond acceptors (Lipinski definition) is 5. The molecule has 3 rings (SSSR count). The molecule has 0 amide bonds. The number of ether oxygens (including phenoxy) is 1. The summed E-state index contributed by atoms with van der Waals surface area (Å²) in [5, 5.41) is 4.75. The molecule has 6 nitrogen and oxygen atoms in total. The molecule has 0 saturated heterocycles. The molecule has 0 saturated carbocycles. The second kappa shape index (κ2) is 5.35. The van der Waals surface area contributed by atoms with Crippen molar-refractivity contribution in [3.63, 3.8) is 0 Å². The van der Waals surface area contributed by atoms with Crippen molar-refractivity contribution in [2.24, 2.45) is 0 Å². The lowest BCUT2D eigenvalue weighted by Crippen LogP contribution is -2.40. The topological polar surface area (TPSA) is 75.2 Å². The maximum absolute atomic E-state index is 6.20. The van der Waals surface area contributed by atoms with Crippen LogP contribution in [-0.4, -0.2) is 23.1 Å². The lowest BCUT2D eigenvalue weighted by molar-refractivity contribution is 0.267. The number of anilines is 1. The molecule has 23 heavy (non-hydrogen) atoms. The van der Waals surface area contributed by atoms with Crippen LogP contribution in [-0.2, 0) is 17.6 Å². The van der Waals surface area contributed by atoms with E-state index < -0.39 is 8.32 Å². The van der Waals surface area contributed by atoms with Crippen LogP contribution in [0.15, 0.2) is 18.2 Å². The smallest absolute Gasteiger partial charge is 0.192 e. The summed E-state index contributed by atoms with van der Waals surface area (Å²) in [6.07, 6.45) is 0. The lowest BCUT2D eigenvalue weighted by atomic mass is 10.2. The molecule has 124 valence electrons. The first kappa shape index (κ1) is 16.0. The Morgan fingerprint density at radius 3 is 2.78 bits per heavy atom. The van der Waals surface area contributed by atoms with E-state index in [0.29, 0.717) is 30.5 Å². The van der Waals surface area contributed by atoms with E-state index in [1.165, 1.54) is 0 Å². The highest BCUT2D eigenvalue weighted by molar-refractivity contribution is 6.74. The molecule has 7 heteroatoms. The number of benzene rings is 1. The number of hydrogen-bond donors (Lipinski definition) is 1. The zero-order valence-electron chi connectivity index (χ0n) is 14.4. The van der Waals surface area contributed by atoms with Gasteiger partial charge in [-0.15, -0.1) is 5.10 Å². The molecule has 0 fully saturated rings. The Bertz CT molecular complexity index is 734. The van der Waals surface area contributed by atoms with E-state index in [9.17, 15) is 0 Å². The zero-order chi connectivity index (χ0) is 16.8. The standard InChI is InChI=1S/C16H24N4O2Si/c1-16(2,3)23(4,5)22-9-13-18-14-10-21-15-11(17)7-6-8-12(15)20(14)19-13/h6-8H,9-10,17H2,1-5H3. The minimum atomic E-state index is -1.82. The summed E-state index contributed by atoms with van der Waals surface area (Å²) < 4.78 is 13.7. The van der Waals surface area contributed by atoms with Crippen LogP contribution in [0.4, 0.5) is 5.69 Å². The van der Waals surface area contributed by atoms with Gasteiger partial charge in [0.1, 0.15) is 12.3 Å². The van der Waals surface area contributed by atoms with Gasteiger partial charge in [-0.05, 0) is 30.3 Å². The zero-order valence-corrected chi connectivity index (χ0v) is 15.4. The van der Waals surface area contributed by atoms with Crippen LogP contribution in [0.25, 0.3) is 5.69 Å². The largest absolute Gasteiger partial charge is 0.481 e. The maximum Gasteiger partial charge on any atom is 0.192 e. The molecule has 1 aromatic carbocycles. The number of nitrogens with two attached hydrogens (primary N) is 1. The van der Waals surface area contributed by atoms with Gasteiger partial charge in [0, 0.05) is 0 Å². The first-order valence-electron chi connectivity index (χ1n) is 7.79. The molecular formula is C16H24N4O2Si. The van der Waals surface area contributed by atoms with Gasteiger partial charge in [-0.25, -0.2) is 9.67 Å². The Balaban J connectivity index is 1.84. The summed E-state index contributed by atoms with van der Waals surface area (Å²) in [6, 6.07) is 5.64. The Morgan fingerprint density at radius 2 is 2.09 bits per heavy atom. The Hall–Kier alpha value is -1.86. The van der Waals surface area contributed by atoms with Gasteiger partial charge in [0.2, 0.25) is 0 Å². The first-order valence-corrected chi connectivity index (χ1v) is 10.7. The number of rotatable bonds is 3. The van der Waals surface area contributed by atoms with E-state index in [0.717, 1.165) is 11.5 Å². The molecule has 0 spiro atoms. The van der Waals surface area contributed by atoms with Crippen molar-refractivity contribution in [2.75, 3.05) is 5.73 Å². The summed E-state index contributed by atoms with van der Waals surface area (Å²) in [5.41, 5.74) is 7.41. The molecule has 2 aromatic rings. The minimum absolute atomic E-state index is 0.163. The van der Waals surface area contributed by atoms with Crippen molar-refractivity contribution >= 4 is 14.0 Å². The summed E-state index contributed by atoms with van der Waals surface area (Å²) in [4.78, 5) is 4.55. The lowest BCUT2D eigenvalue weighted by Gasteiger charge is -2.35. The third-order valence-electron chi connectivity index (χ3n) is 4.68. The molecule has 0 atom stereocenters. The third-order valence-corrected chi connectivity index (χ3v) is 9.16. The quantitative estimate of drug-likeness (QED) is 0.689. The fourth-order valence-electron chi connectivity index (χ4n) is 2.20. The van der Waals surface area contributed by atoms with Crippen LogP contribution >= 0.6 is 0 Å².